The van der Waals surface area contributed by atoms with E-state index in [0.717, 1.165) is 0 Å². The fourth-order valence-electron chi connectivity index (χ4n) is 0.617. The second-order valence-electron chi connectivity index (χ2n) is 2.01. The molecule has 0 saturated heterocycles. The van der Waals surface area contributed by atoms with Crippen LogP contribution >= 0.6 is 0 Å². The molecule has 0 aliphatic rings. The van der Waals surface area contributed by atoms with E-state index < -0.39 is 11.9 Å². The molecule has 11 heavy (non-hydrogen) atoms. The number of carbonyl (C=O) groups excluding carboxylic acids is 1. The van der Waals surface area contributed by atoms with Crippen molar-refractivity contribution in [2.45, 2.75) is 6.04 Å². The maximum Gasteiger partial charge on any atom is 0.240 e. The van der Waals surface area contributed by atoms with E-state index in [-0.39, 0.29) is 0 Å². The Hall–Kier alpha value is -1.49. The van der Waals surface area contributed by atoms with Gasteiger partial charge in [0.25, 0.3) is 0 Å². The summed E-state index contributed by atoms with van der Waals surface area (Å²) in [6.07, 6.45) is 4.37. The molecule has 0 saturated carbocycles. The third-order valence-electron chi connectivity index (χ3n) is 1.21. The quantitative estimate of drug-likeness (QED) is 0.566. The van der Waals surface area contributed by atoms with Crippen LogP contribution in [-0.4, -0.2) is 15.9 Å². The summed E-state index contributed by atoms with van der Waals surface area (Å²) in [6.45, 7) is 0. The van der Waals surface area contributed by atoms with Crippen molar-refractivity contribution >= 4 is 5.91 Å². The van der Waals surface area contributed by atoms with Gasteiger partial charge in [-0.3, -0.25) is 14.8 Å². The summed E-state index contributed by atoms with van der Waals surface area (Å²) in [6, 6.07) is -0.858. The van der Waals surface area contributed by atoms with Crippen molar-refractivity contribution < 1.29 is 4.79 Å². The van der Waals surface area contributed by atoms with Crippen LogP contribution < -0.4 is 11.5 Å². The first-order valence-corrected chi connectivity index (χ1v) is 3.02. The lowest BCUT2D eigenvalue weighted by Crippen LogP contribution is -2.28. The molecule has 1 heterocycles. The van der Waals surface area contributed by atoms with Gasteiger partial charge in [-0.1, -0.05) is 0 Å². The molecule has 0 aromatic carbocycles. The van der Waals surface area contributed by atoms with Crippen molar-refractivity contribution in [1.82, 2.24) is 9.97 Å². The average molecular weight is 152 g/mol. The Labute approximate surface area is 63.4 Å². The molecule has 0 aliphatic heterocycles. The van der Waals surface area contributed by atoms with Gasteiger partial charge in [0.05, 0.1) is 11.9 Å². The van der Waals surface area contributed by atoms with Crippen molar-refractivity contribution in [3.8, 4) is 0 Å². The largest absolute Gasteiger partial charge is 0.368 e. The highest BCUT2D eigenvalue weighted by molar-refractivity contribution is 5.80. The second-order valence-corrected chi connectivity index (χ2v) is 2.01. The lowest BCUT2D eigenvalue weighted by atomic mass is 10.2. The van der Waals surface area contributed by atoms with Crippen LogP contribution in [0.15, 0.2) is 18.6 Å². The van der Waals surface area contributed by atoms with E-state index in [0.29, 0.717) is 5.69 Å². The summed E-state index contributed by atoms with van der Waals surface area (Å²) in [7, 11) is 0. The minimum atomic E-state index is -0.858. The standard InChI is InChI=1S/C6H8N4O/c7-5(6(8)11)4-3-9-1-2-10-4/h1-3,5H,7H2,(H2,8,11). The molecule has 5 nitrogen and oxygen atoms in total. The Bertz CT molecular complexity index is 248. The zero-order valence-corrected chi connectivity index (χ0v) is 5.77. The number of hydrogen-bond donors (Lipinski definition) is 2. The first-order chi connectivity index (χ1) is 5.22. The number of nitrogens with two attached hydrogens (primary N) is 2. The molecule has 4 N–H and O–H groups in total. The van der Waals surface area contributed by atoms with Crippen molar-refractivity contribution in [2.75, 3.05) is 0 Å². The SMILES string of the molecule is NC(=O)C(N)c1cnccn1. The van der Waals surface area contributed by atoms with Gasteiger partial charge in [0.1, 0.15) is 6.04 Å². The van der Waals surface area contributed by atoms with Crippen LogP contribution in [0.2, 0.25) is 0 Å². The summed E-state index contributed by atoms with van der Waals surface area (Å²) in [5.41, 5.74) is 10.7. The molecule has 0 radical (unpaired) electrons. The highest BCUT2D eigenvalue weighted by atomic mass is 16.1. The maximum atomic E-state index is 10.5. The highest BCUT2D eigenvalue weighted by Crippen LogP contribution is 2.01. The van der Waals surface area contributed by atoms with Crippen LogP contribution in [0.5, 0.6) is 0 Å². The van der Waals surface area contributed by atoms with Crippen molar-refractivity contribution in [1.29, 1.82) is 0 Å². The van der Waals surface area contributed by atoms with Crippen molar-refractivity contribution in [3.63, 3.8) is 0 Å². The fraction of sp³-hybridized carbons (Fsp3) is 0.167. The normalized spacial score (nSPS) is 12.5. The van der Waals surface area contributed by atoms with E-state index in [9.17, 15) is 4.79 Å². The maximum absolute atomic E-state index is 10.5. The van der Waals surface area contributed by atoms with E-state index in [1.807, 2.05) is 0 Å². The predicted octanol–water partition coefficient (Wildman–Crippen LogP) is -1.04. The fourth-order valence-corrected chi connectivity index (χ4v) is 0.617. The number of hydrogen-bond acceptors (Lipinski definition) is 4. The van der Waals surface area contributed by atoms with Gasteiger partial charge >= 0.3 is 0 Å². The Morgan fingerprint density at radius 1 is 1.55 bits per heavy atom. The van der Waals surface area contributed by atoms with Crippen LogP contribution in [0.4, 0.5) is 0 Å². The third-order valence-corrected chi connectivity index (χ3v) is 1.21. The third kappa shape index (κ3) is 1.71. The Morgan fingerprint density at radius 2 is 2.27 bits per heavy atom. The van der Waals surface area contributed by atoms with E-state index in [4.69, 9.17) is 11.5 Å². The first-order valence-electron chi connectivity index (χ1n) is 3.02. The number of nitrogens with zero attached hydrogens (tertiary/aromatic N) is 2. The minimum absolute atomic E-state index is 0.389. The van der Waals surface area contributed by atoms with Gasteiger partial charge in [-0.05, 0) is 0 Å². The zero-order chi connectivity index (χ0) is 8.27. The van der Waals surface area contributed by atoms with E-state index in [1.165, 1.54) is 18.6 Å². The molecule has 1 rings (SSSR count). The Morgan fingerprint density at radius 3 is 2.73 bits per heavy atom. The average Bonchev–Trinajstić information content (AvgIpc) is 2.05. The Kier molecular flexibility index (Phi) is 2.12. The monoisotopic (exact) mass is 152 g/mol. The van der Waals surface area contributed by atoms with Crippen molar-refractivity contribution in [2.24, 2.45) is 11.5 Å². The molecule has 58 valence electrons. The van der Waals surface area contributed by atoms with Gasteiger partial charge in [-0.25, -0.2) is 0 Å². The number of amides is 1. The molecule has 1 amide bonds. The molecule has 0 spiro atoms. The molecule has 1 atom stereocenters. The predicted molar refractivity (Wildman–Crippen MR) is 38.2 cm³/mol. The topological polar surface area (TPSA) is 94.9 Å². The molecule has 1 aromatic heterocycles. The number of carbonyl (C=O) groups is 1. The number of rotatable bonds is 2. The molecular weight excluding hydrogens is 144 g/mol. The lowest BCUT2D eigenvalue weighted by molar-refractivity contribution is -0.119. The first kappa shape index (κ1) is 7.62. The van der Waals surface area contributed by atoms with Crippen LogP contribution in [0.1, 0.15) is 11.7 Å². The van der Waals surface area contributed by atoms with Gasteiger partial charge in [0.15, 0.2) is 0 Å². The summed E-state index contributed by atoms with van der Waals surface area (Å²) in [5, 5.41) is 0. The summed E-state index contributed by atoms with van der Waals surface area (Å²) >= 11 is 0. The summed E-state index contributed by atoms with van der Waals surface area (Å²) in [5.74, 6) is -0.606. The summed E-state index contributed by atoms with van der Waals surface area (Å²) in [4.78, 5) is 18.1. The van der Waals surface area contributed by atoms with E-state index >= 15 is 0 Å². The highest BCUT2D eigenvalue weighted by Gasteiger charge is 2.12. The van der Waals surface area contributed by atoms with Crippen LogP contribution in [0, 0.1) is 0 Å². The van der Waals surface area contributed by atoms with Crippen LogP contribution in [0.25, 0.3) is 0 Å². The molecule has 1 aromatic rings. The second kappa shape index (κ2) is 3.07. The van der Waals surface area contributed by atoms with Gasteiger partial charge in [-0.2, -0.15) is 0 Å². The molecule has 0 aliphatic carbocycles. The molecule has 5 heteroatoms. The lowest BCUT2D eigenvalue weighted by Gasteiger charge is -2.03. The van der Waals surface area contributed by atoms with E-state index in [2.05, 4.69) is 9.97 Å². The molecule has 0 bridgehead atoms. The zero-order valence-electron chi connectivity index (χ0n) is 5.77. The van der Waals surface area contributed by atoms with Gasteiger partial charge in [0, 0.05) is 12.4 Å². The molecule has 0 fully saturated rings. The Balaban J connectivity index is 2.85. The van der Waals surface area contributed by atoms with Crippen molar-refractivity contribution in [3.05, 3.63) is 24.3 Å². The number of primary amides is 1. The number of aromatic nitrogens is 2. The van der Waals surface area contributed by atoms with Gasteiger partial charge in [-0.15, -0.1) is 0 Å². The minimum Gasteiger partial charge on any atom is -0.368 e. The smallest absolute Gasteiger partial charge is 0.240 e. The molecule has 1 unspecified atom stereocenters. The van der Waals surface area contributed by atoms with E-state index in [1.54, 1.807) is 0 Å². The summed E-state index contributed by atoms with van der Waals surface area (Å²) < 4.78 is 0. The van der Waals surface area contributed by atoms with Crippen LogP contribution in [0.3, 0.4) is 0 Å². The van der Waals surface area contributed by atoms with Gasteiger partial charge in [0.2, 0.25) is 5.91 Å². The molecular formula is C6H8N4O. The van der Waals surface area contributed by atoms with Gasteiger partial charge < -0.3 is 11.5 Å². The van der Waals surface area contributed by atoms with Crippen LogP contribution in [-0.2, 0) is 4.79 Å².